The number of rotatable bonds is 2. The number of quaternary nitrogens is 1. The van der Waals surface area contributed by atoms with Crippen LogP contribution in [0.4, 0.5) is 5.69 Å². The molecule has 1 saturated heterocycles. The van der Waals surface area contributed by atoms with Crippen LogP contribution in [0.1, 0.15) is 0 Å². The van der Waals surface area contributed by atoms with Crippen LogP contribution in [0, 0.1) is 0 Å². The minimum atomic E-state index is 0.928. The Labute approximate surface area is 97.8 Å². The third-order valence-corrected chi connectivity index (χ3v) is 3.39. The van der Waals surface area contributed by atoms with Crippen molar-refractivity contribution in [3.8, 4) is 5.75 Å². The number of benzene rings is 1. The van der Waals surface area contributed by atoms with E-state index < -0.39 is 0 Å². The number of methoxy groups -OCH3 is 1. The maximum Gasteiger partial charge on any atom is 0.119 e. The molecule has 16 heavy (non-hydrogen) atoms. The van der Waals surface area contributed by atoms with E-state index in [0.717, 1.165) is 23.3 Å². The lowest BCUT2D eigenvalue weighted by atomic mass is 10.2. The first-order chi connectivity index (χ1) is 7.61. The number of piperazine rings is 1. The van der Waals surface area contributed by atoms with Crippen LogP contribution < -0.4 is 9.64 Å². The van der Waals surface area contributed by atoms with Gasteiger partial charge in [0.1, 0.15) is 5.75 Å². The van der Waals surface area contributed by atoms with Gasteiger partial charge in [0, 0.05) is 5.69 Å². The molecule has 0 bridgehead atoms. The molecule has 0 amide bonds. The number of ether oxygens (including phenoxy) is 1. The Balaban J connectivity index is 2.03. The van der Waals surface area contributed by atoms with Gasteiger partial charge in [-0.25, -0.2) is 0 Å². The van der Waals surface area contributed by atoms with E-state index in [1.54, 1.807) is 7.11 Å². The van der Waals surface area contributed by atoms with Crippen molar-refractivity contribution in [2.24, 2.45) is 0 Å². The molecule has 1 aromatic carbocycles. The molecule has 0 unspecified atom stereocenters. The summed E-state index contributed by atoms with van der Waals surface area (Å²) in [6.45, 7) is 4.71. The average Bonchev–Trinajstić information content (AvgIpc) is 2.29. The largest absolute Gasteiger partial charge is 0.497 e. The lowest BCUT2D eigenvalue weighted by Gasteiger charge is -2.40. The quantitative estimate of drug-likeness (QED) is 0.703. The Morgan fingerprint density at radius 1 is 1.06 bits per heavy atom. The van der Waals surface area contributed by atoms with Gasteiger partial charge in [-0.2, -0.15) is 0 Å². The van der Waals surface area contributed by atoms with Crippen molar-refractivity contribution in [1.82, 2.24) is 0 Å². The van der Waals surface area contributed by atoms with Gasteiger partial charge in [0.05, 0.1) is 47.4 Å². The van der Waals surface area contributed by atoms with Gasteiger partial charge in [-0.15, -0.1) is 0 Å². The van der Waals surface area contributed by atoms with E-state index >= 15 is 0 Å². The summed E-state index contributed by atoms with van der Waals surface area (Å²) in [7, 11) is 6.30. The third-order valence-electron chi connectivity index (χ3n) is 3.39. The first kappa shape index (κ1) is 11.3. The second-order valence-electron chi connectivity index (χ2n) is 5.07. The van der Waals surface area contributed by atoms with Crippen molar-refractivity contribution in [1.29, 1.82) is 0 Å². The van der Waals surface area contributed by atoms with Gasteiger partial charge >= 0.3 is 0 Å². The van der Waals surface area contributed by atoms with Gasteiger partial charge in [0.15, 0.2) is 0 Å². The fraction of sp³-hybridized carbons (Fsp3) is 0.538. The topological polar surface area (TPSA) is 12.5 Å². The van der Waals surface area contributed by atoms with Crippen LogP contribution >= 0.6 is 0 Å². The second-order valence-corrected chi connectivity index (χ2v) is 5.07. The van der Waals surface area contributed by atoms with Gasteiger partial charge in [-0.05, 0) is 24.3 Å². The van der Waals surface area contributed by atoms with E-state index in [0.29, 0.717) is 0 Å². The van der Waals surface area contributed by atoms with E-state index in [9.17, 15) is 0 Å². The average molecular weight is 221 g/mol. The summed E-state index contributed by atoms with van der Waals surface area (Å²) in [5.74, 6) is 0.928. The molecule has 0 aromatic heterocycles. The molecule has 0 atom stereocenters. The normalized spacial score (nSPS) is 19.6. The zero-order valence-electron chi connectivity index (χ0n) is 10.4. The molecule has 0 saturated carbocycles. The Morgan fingerprint density at radius 2 is 1.62 bits per heavy atom. The summed E-state index contributed by atoms with van der Waals surface area (Å²) in [6.07, 6.45) is 0. The van der Waals surface area contributed by atoms with E-state index in [1.165, 1.54) is 18.8 Å². The Kier molecular flexibility index (Phi) is 3.06. The molecule has 0 aliphatic carbocycles. The van der Waals surface area contributed by atoms with Gasteiger partial charge in [-0.3, -0.25) is 0 Å². The molecule has 1 aliphatic rings. The van der Waals surface area contributed by atoms with Gasteiger partial charge in [0.25, 0.3) is 0 Å². The summed E-state index contributed by atoms with van der Waals surface area (Å²) in [5.41, 5.74) is 1.31. The lowest BCUT2D eigenvalue weighted by Crippen LogP contribution is -2.54. The van der Waals surface area contributed by atoms with Crippen LogP contribution in [-0.4, -0.2) is 51.9 Å². The molecular weight excluding hydrogens is 200 g/mol. The van der Waals surface area contributed by atoms with Crippen LogP contribution in [0.3, 0.4) is 0 Å². The van der Waals surface area contributed by atoms with Crippen LogP contribution in [0.2, 0.25) is 0 Å². The molecule has 0 spiro atoms. The number of hydrogen-bond acceptors (Lipinski definition) is 2. The van der Waals surface area contributed by atoms with Crippen molar-refractivity contribution in [2.45, 2.75) is 0 Å². The molecule has 88 valence electrons. The Morgan fingerprint density at radius 3 is 2.12 bits per heavy atom. The molecule has 0 N–H and O–H groups in total. The van der Waals surface area contributed by atoms with Crippen LogP contribution in [0.15, 0.2) is 24.3 Å². The van der Waals surface area contributed by atoms with Crippen LogP contribution in [0.25, 0.3) is 0 Å². The first-order valence-corrected chi connectivity index (χ1v) is 5.82. The highest BCUT2D eigenvalue weighted by Crippen LogP contribution is 2.21. The Hall–Kier alpha value is -1.22. The van der Waals surface area contributed by atoms with Gasteiger partial charge in [0.2, 0.25) is 0 Å². The minimum absolute atomic E-state index is 0.928. The predicted octanol–water partition coefficient (Wildman–Crippen LogP) is 1.59. The lowest BCUT2D eigenvalue weighted by molar-refractivity contribution is -0.890. The van der Waals surface area contributed by atoms with E-state index in [2.05, 4.69) is 31.1 Å². The maximum atomic E-state index is 5.17. The van der Waals surface area contributed by atoms with Crippen molar-refractivity contribution in [3.05, 3.63) is 24.3 Å². The van der Waals surface area contributed by atoms with Crippen molar-refractivity contribution >= 4 is 5.69 Å². The summed E-state index contributed by atoms with van der Waals surface area (Å²) < 4.78 is 6.30. The zero-order chi connectivity index (χ0) is 11.6. The standard InChI is InChI=1S/C13H21N2O/c1-15(2)10-8-14(9-11-15)12-4-6-13(16-3)7-5-12/h4-7H,8-11H2,1-3H3/q+1. The number of anilines is 1. The summed E-state index contributed by atoms with van der Waals surface area (Å²) >= 11 is 0. The van der Waals surface area contributed by atoms with Crippen LogP contribution in [-0.2, 0) is 0 Å². The zero-order valence-corrected chi connectivity index (χ0v) is 10.4. The number of nitrogens with zero attached hydrogens (tertiary/aromatic N) is 2. The summed E-state index contributed by atoms with van der Waals surface area (Å²) in [4.78, 5) is 2.45. The highest BCUT2D eigenvalue weighted by Gasteiger charge is 2.24. The van der Waals surface area contributed by atoms with Crippen molar-refractivity contribution < 1.29 is 9.22 Å². The predicted molar refractivity (Wildman–Crippen MR) is 67.0 cm³/mol. The molecule has 3 heteroatoms. The van der Waals surface area contributed by atoms with Crippen molar-refractivity contribution in [2.75, 3.05) is 52.3 Å². The second kappa shape index (κ2) is 4.34. The first-order valence-electron chi connectivity index (χ1n) is 5.82. The monoisotopic (exact) mass is 221 g/mol. The van der Waals surface area contributed by atoms with Crippen molar-refractivity contribution in [3.63, 3.8) is 0 Å². The smallest absolute Gasteiger partial charge is 0.119 e. The SMILES string of the molecule is COc1ccc(N2CC[N+](C)(C)CC2)cc1. The number of hydrogen-bond donors (Lipinski definition) is 0. The molecule has 0 radical (unpaired) electrons. The fourth-order valence-electron chi connectivity index (χ4n) is 2.06. The Bertz CT molecular complexity index is 335. The minimum Gasteiger partial charge on any atom is -0.497 e. The molecule has 1 aliphatic heterocycles. The van der Waals surface area contributed by atoms with Crippen LogP contribution in [0.5, 0.6) is 5.75 Å². The van der Waals surface area contributed by atoms with E-state index in [1.807, 2.05) is 12.1 Å². The van der Waals surface area contributed by atoms with E-state index in [-0.39, 0.29) is 0 Å². The van der Waals surface area contributed by atoms with E-state index in [4.69, 9.17) is 4.74 Å². The third kappa shape index (κ3) is 2.47. The highest BCUT2D eigenvalue weighted by atomic mass is 16.5. The van der Waals surface area contributed by atoms with Gasteiger partial charge < -0.3 is 14.1 Å². The van der Waals surface area contributed by atoms with Gasteiger partial charge in [-0.1, -0.05) is 0 Å². The molecule has 1 fully saturated rings. The fourth-order valence-corrected chi connectivity index (χ4v) is 2.06. The maximum absolute atomic E-state index is 5.17. The number of likely N-dealkylation sites (N-methyl/N-ethyl adjacent to an activating group) is 1. The summed E-state index contributed by atoms with van der Waals surface area (Å²) in [5, 5.41) is 0. The molecular formula is C13H21N2O+. The highest BCUT2D eigenvalue weighted by molar-refractivity contribution is 5.49. The molecule has 1 heterocycles. The summed E-state index contributed by atoms with van der Waals surface area (Å²) in [6, 6.07) is 8.35. The molecule has 2 rings (SSSR count). The molecule has 1 aromatic rings. The molecule has 3 nitrogen and oxygen atoms in total.